The normalized spacial score (nSPS) is 10.8. The zero-order chi connectivity index (χ0) is 22.7. The molecule has 0 atom stereocenters. The molecule has 4 rings (SSSR count). The summed E-state index contributed by atoms with van der Waals surface area (Å²) in [5.74, 6) is -0.574. The van der Waals surface area contributed by atoms with Gasteiger partial charge in [-0.2, -0.15) is 0 Å². The maximum atomic E-state index is 13.5. The minimum atomic E-state index is -0.574. The summed E-state index contributed by atoms with van der Waals surface area (Å²) in [7, 11) is 0. The molecule has 0 saturated heterocycles. The van der Waals surface area contributed by atoms with E-state index in [0.717, 1.165) is 11.1 Å². The van der Waals surface area contributed by atoms with E-state index in [-0.39, 0.29) is 23.5 Å². The Balaban J connectivity index is 1.65. The van der Waals surface area contributed by atoms with Crippen LogP contribution in [0.4, 0.5) is 14.9 Å². The van der Waals surface area contributed by atoms with E-state index in [1.165, 1.54) is 29.4 Å². The molecule has 0 saturated carbocycles. The van der Waals surface area contributed by atoms with Crippen LogP contribution >= 0.6 is 11.6 Å². The molecular weight excluding hydrogens is 431 g/mol. The van der Waals surface area contributed by atoms with Gasteiger partial charge in [-0.25, -0.2) is 9.18 Å². The molecule has 2 amide bonds. The predicted molar refractivity (Wildman–Crippen MR) is 123 cm³/mol. The summed E-state index contributed by atoms with van der Waals surface area (Å²) < 4.78 is 19.1. The first-order valence-corrected chi connectivity index (χ1v) is 10.3. The highest BCUT2D eigenvalue weighted by molar-refractivity contribution is 6.31. The molecule has 0 unspecified atom stereocenters. The van der Waals surface area contributed by atoms with Crippen molar-refractivity contribution in [3.63, 3.8) is 0 Å². The Morgan fingerprint density at radius 2 is 1.84 bits per heavy atom. The van der Waals surface area contributed by atoms with Crippen molar-refractivity contribution < 1.29 is 13.6 Å². The molecule has 0 aliphatic rings. The molecule has 0 radical (unpaired) electrons. The van der Waals surface area contributed by atoms with Crippen LogP contribution in [0.1, 0.15) is 16.7 Å². The SMILES string of the molecule is Cc1ccc2occ(CN(Cc3ccccc3)C(=O)Nc3ccc(F)c(Cl)c3)c(=O)c2c1. The van der Waals surface area contributed by atoms with E-state index in [1.54, 1.807) is 12.1 Å². The monoisotopic (exact) mass is 450 g/mol. The van der Waals surface area contributed by atoms with Crippen LogP contribution in [0.2, 0.25) is 5.02 Å². The van der Waals surface area contributed by atoms with Gasteiger partial charge in [-0.05, 0) is 42.8 Å². The number of anilines is 1. The van der Waals surface area contributed by atoms with Crippen molar-refractivity contribution in [1.29, 1.82) is 0 Å². The molecule has 0 bridgehead atoms. The smallest absolute Gasteiger partial charge is 0.322 e. The Kier molecular flexibility index (Phi) is 6.23. The number of nitrogens with zero attached hydrogens (tertiary/aromatic N) is 1. The van der Waals surface area contributed by atoms with Crippen molar-refractivity contribution in [3.8, 4) is 0 Å². The Labute approximate surface area is 189 Å². The lowest BCUT2D eigenvalue weighted by molar-refractivity contribution is 0.206. The molecule has 1 heterocycles. The number of aryl methyl sites for hydroxylation is 1. The number of urea groups is 1. The summed E-state index contributed by atoms with van der Waals surface area (Å²) in [6.45, 7) is 2.18. The van der Waals surface area contributed by atoms with Gasteiger partial charge in [0, 0.05) is 12.2 Å². The molecule has 5 nitrogen and oxygen atoms in total. The topological polar surface area (TPSA) is 62.6 Å². The first-order chi connectivity index (χ1) is 15.4. The molecule has 162 valence electrons. The maximum absolute atomic E-state index is 13.5. The van der Waals surface area contributed by atoms with E-state index in [2.05, 4.69) is 5.32 Å². The number of rotatable bonds is 5. The molecule has 0 aliphatic heterocycles. The van der Waals surface area contributed by atoms with Gasteiger partial charge < -0.3 is 14.6 Å². The Morgan fingerprint density at radius 1 is 1.06 bits per heavy atom. The van der Waals surface area contributed by atoms with Gasteiger partial charge in [-0.3, -0.25) is 4.79 Å². The van der Waals surface area contributed by atoms with Crippen LogP contribution in [0, 0.1) is 12.7 Å². The number of benzene rings is 3. The predicted octanol–water partition coefficient (Wildman–Crippen LogP) is 6.13. The average Bonchev–Trinajstić information content (AvgIpc) is 2.78. The first kappa shape index (κ1) is 21.6. The van der Waals surface area contributed by atoms with E-state index in [1.807, 2.05) is 43.3 Å². The Bertz CT molecular complexity index is 1340. The second-order valence-corrected chi connectivity index (χ2v) is 7.90. The highest BCUT2D eigenvalue weighted by atomic mass is 35.5. The van der Waals surface area contributed by atoms with Crippen molar-refractivity contribution >= 4 is 34.3 Å². The van der Waals surface area contributed by atoms with Gasteiger partial charge in [-0.15, -0.1) is 0 Å². The van der Waals surface area contributed by atoms with E-state index in [9.17, 15) is 14.0 Å². The van der Waals surface area contributed by atoms with Gasteiger partial charge in [0.2, 0.25) is 0 Å². The first-order valence-electron chi connectivity index (χ1n) is 9.96. The number of nitrogens with one attached hydrogen (secondary N) is 1. The number of halogens is 2. The van der Waals surface area contributed by atoms with Gasteiger partial charge in [0.15, 0.2) is 5.43 Å². The van der Waals surface area contributed by atoms with E-state index < -0.39 is 11.8 Å². The molecule has 0 fully saturated rings. The van der Waals surface area contributed by atoms with Crippen molar-refractivity contribution in [1.82, 2.24) is 4.90 Å². The van der Waals surface area contributed by atoms with Crippen LogP contribution in [0.25, 0.3) is 11.0 Å². The number of carbonyl (C=O) groups excluding carboxylic acids is 1. The molecule has 7 heteroatoms. The minimum absolute atomic E-state index is 0.0296. The van der Waals surface area contributed by atoms with Crippen LogP contribution in [0.3, 0.4) is 0 Å². The van der Waals surface area contributed by atoms with Gasteiger partial charge in [0.1, 0.15) is 11.4 Å². The second-order valence-electron chi connectivity index (χ2n) is 7.49. The number of amides is 2. The zero-order valence-electron chi connectivity index (χ0n) is 17.3. The number of carbonyl (C=O) groups is 1. The number of hydrogen-bond donors (Lipinski definition) is 1. The summed E-state index contributed by atoms with van der Waals surface area (Å²) in [5, 5.41) is 3.09. The number of fused-ring (bicyclic) bond motifs is 1. The van der Waals surface area contributed by atoms with Crippen LogP contribution < -0.4 is 10.7 Å². The lowest BCUT2D eigenvalue weighted by atomic mass is 10.1. The molecule has 32 heavy (non-hydrogen) atoms. The van der Waals surface area contributed by atoms with Gasteiger partial charge in [0.25, 0.3) is 0 Å². The quantitative estimate of drug-likeness (QED) is 0.398. The van der Waals surface area contributed by atoms with Crippen LogP contribution in [-0.2, 0) is 13.1 Å². The third-order valence-corrected chi connectivity index (χ3v) is 5.32. The van der Waals surface area contributed by atoms with Gasteiger partial charge >= 0.3 is 6.03 Å². The van der Waals surface area contributed by atoms with Crippen LogP contribution in [-0.4, -0.2) is 10.9 Å². The Morgan fingerprint density at radius 3 is 2.59 bits per heavy atom. The summed E-state index contributed by atoms with van der Waals surface area (Å²) in [6, 6.07) is 18.3. The number of hydrogen-bond acceptors (Lipinski definition) is 3. The highest BCUT2D eigenvalue weighted by Gasteiger charge is 2.18. The Hall–Kier alpha value is -3.64. The molecule has 1 aromatic heterocycles. The van der Waals surface area contributed by atoms with Crippen molar-refractivity contribution in [3.05, 3.63) is 111 Å². The lowest BCUT2D eigenvalue weighted by Gasteiger charge is -2.23. The summed E-state index contributed by atoms with van der Waals surface area (Å²) >= 11 is 5.83. The van der Waals surface area contributed by atoms with Crippen LogP contribution in [0.5, 0.6) is 0 Å². The largest absolute Gasteiger partial charge is 0.464 e. The van der Waals surface area contributed by atoms with Gasteiger partial charge in [0.05, 0.1) is 28.8 Å². The standard InChI is InChI=1S/C25H20ClFN2O3/c1-16-7-10-23-20(11-16)24(30)18(15-32-23)14-29(13-17-5-3-2-4-6-17)25(31)28-19-8-9-22(27)21(26)12-19/h2-12,15H,13-14H2,1H3,(H,28,31). The summed E-state index contributed by atoms with van der Waals surface area (Å²) in [6.07, 6.45) is 1.39. The van der Waals surface area contributed by atoms with E-state index >= 15 is 0 Å². The van der Waals surface area contributed by atoms with Gasteiger partial charge in [-0.1, -0.05) is 53.6 Å². The molecular formula is C25H20ClFN2O3. The second kappa shape index (κ2) is 9.24. The molecule has 4 aromatic rings. The van der Waals surface area contributed by atoms with Crippen LogP contribution in [0.15, 0.2) is 82.2 Å². The zero-order valence-corrected chi connectivity index (χ0v) is 18.0. The fourth-order valence-corrected chi connectivity index (χ4v) is 3.56. The molecule has 0 spiro atoms. The maximum Gasteiger partial charge on any atom is 0.322 e. The molecule has 1 N–H and O–H groups in total. The van der Waals surface area contributed by atoms with Crippen molar-refractivity contribution in [2.45, 2.75) is 20.0 Å². The summed E-state index contributed by atoms with van der Waals surface area (Å²) in [4.78, 5) is 27.6. The lowest BCUT2D eigenvalue weighted by Crippen LogP contribution is -2.35. The van der Waals surface area contributed by atoms with E-state index in [4.69, 9.17) is 16.0 Å². The highest BCUT2D eigenvalue weighted by Crippen LogP contribution is 2.21. The average molecular weight is 451 g/mol. The van der Waals surface area contributed by atoms with Crippen molar-refractivity contribution in [2.75, 3.05) is 5.32 Å². The van der Waals surface area contributed by atoms with E-state index in [0.29, 0.717) is 22.2 Å². The minimum Gasteiger partial charge on any atom is -0.464 e. The summed E-state index contributed by atoms with van der Waals surface area (Å²) in [5.41, 5.74) is 2.83. The third kappa shape index (κ3) is 4.81. The fourth-order valence-electron chi connectivity index (χ4n) is 3.38. The molecule has 3 aromatic carbocycles. The fraction of sp³-hybridized carbons (Fsp3) is 0.120. The third-order valence-electron chi connectivity index (χ3n) is 5.04. The van der Waals surface area contributed by atoms with Crippen molar-refractivity contribution in [2.24, 2.45) is 0 Å². The molecule has 0 aliphatic carbocycles.